The Morgan fingerprint density at radius 2 is 1.68 bits per heavy atom. The molecule has 0 saturated heterocycles. The van der Waals surface area contributed by atoms with Crippen molar-refractivity contribution in [3.05, 3.63) is 81.8 Å². The molecule has 0 atom stereocenters. The predicted octanol–water partition coefficient (Wildman–Crippen LogP) is 4.29. The lowest BCUT2D eigenvalue weighted by Crippen LogP contribution is -2.26. The highest BCUT2D eigenvalue weighted by atomic mass is 35.5. The van der Waals surface area contributed by atoms with E-state index in [9.17, 15) is 13.2 Å². The van der Waals surface area contributed by atoms with E-state index in [1.165, 1.54) is 19.2 Å². The Bertz CT molecular complexity index is 1210. The molecule has 0 aromatic heterocycles. The topological polar surface area (TPSA) is 98.5 Å². The minimum absolute atomic E-state index is 0.00941. The summed E-state index contributed by atoms with van der Waals surface area (Å²) in [7, 11) is -2.49. The first kappa shape index (κ1) is 23.1. The smallest absolute Gasteiger partial charge is 0.255 e. The molecule has 3 aromatic rings. The zero-order chi connectivity index (χ0) is 22.6. The minimum Gasteiger partial charge on any atom is -0.496 e. The zero-order valence-corrected chi connectivity index (χ0v) is 18.9. The highest BCUT2D eigenvalue weighted by molar-refractivity contribution is 7.89. The fourth-order valence-corrected chi connectivity index (χ4v) is 4.20. The van der Waals surface area contributed by atoms with Crippen molar-refractivity contribution >= 4 is 39.1 Å². The van der Waals surface area contributed by atoms with Gasteiger partial charge in [-0.3, -0.25) is 4.79 Å². The third kappa shape index (κ3) is 5.77. The van der Waals surface area contributed by atoms with Crippen LogP contribution in [0.1, 0.15) is 15.9 Å². The van der Waals surface area contributed by atoms with E-state index < -0.39 is 10.0 Å². The molecular formula is C22H20Cl2N2O4S. The third-order valence-electron chi connectivity index (χ3n) is 4.61. The van der Waals surface area contributed by atoms with Crippen LogP contribution in [0.2, 0.25) is 10.0 Å². The maximum absolute atomic E-state index is 12.5. The number of amides is 1. The fraction of sp³-hybridized carbons (Fsp3) is 0.136. The third-order valence-corrected chi connectivity index (χ3v) is 6.05. The molecule has 0 spiro atoms. The SMILES string of the molecule is COc1ccc(Cl)cc1C(=O)NCCc1ccc(-c2ccc(Cl)cc2)c(S(N)(=O)=O)c1. The molecule has 0 bridgehead atoms. The van der Waals surface area contributed by atoms with Gasteiger partial charge in [0.05, 0.1) is 17.6 Å². The van der Waals surface area contributed by atoms with E-state index in [2.05, 4.69) is 5.32 Å². The number of hydrogen-bond acceptors (Lipinski definition) is 4. The van der Waals surface area contributed by atoms with E-state index in [1.807, 2.05) is 0 Å². The van der Waals surface area contributed by atoms with Gasteiger partial charge in [0, 0.05) is 22.2 Å². The van der Waals surface area contributed by atoms with E-state index in [1.54, 1.807) is 48.5 Å². The summed E-state index contributed by atoms with van der Waals surface area (Å²) >= 11 is 11.9. The minimum atomic E-state index is -3.96. The molecule has 0 aliphatic heterocycles. The molecule has 0 aliphatic carbocycles. The van der Waals surface area contributed by atoms with Crippen molar-refractivity contribution < 1.29 is 17.9 Å². The summed E-state index contributed by atoms with van der Waals surface area (Å²) in [5, 5.41) is 9.19. The van der Waals surface area contributed by atoms with Crippen molar-refractivity contribution in [1.82, 2.24) is 5.32 Å². The van der Waals surface area contributed by atoms with Gasteiger partial charge in [-0.1, -0.05) is 47.5 Å². The molecule has 9 heteroatoms. The average molecular weight is 479 g/mol. The van der Waals surface area contributed by atoms with E-state index in [-0.39, 0.29) is 17.3 Å². The van der Waals surface area contributed by atoms with Crippen LogP contribution in [0.3, 0.4) is 0 Å². The van der Waals surface area contributed by atoms with E-state index >= 15 is 0 Å². The summed E-state index contributed by atoms with van der Waals surface area (Å²) in [4.78, 5) is 12.5. The molecular weight excluding hydrogens is 459 g/mol. The Kier molecular flexibility index (Phi) is 7.23. The maximum Gasteiger partial charge on any atom is 0.255 e. The average Bonchev–Trinajstić information content (AvgIpc) is 2.73. The second kappa shape index (κ2) is 9.70. The van der Waals surface area contributed by atoms with Crippen LogP contribution >= 0.6 is 23.2 Å². The summed E-state index contributed by atoms with van der Waals surface area (Å²) < 4.78 is 29.5. The Balaban J connectivity index is 1.78. The predicted molar refractivity (Wildman–Crippen MR) is 122 cm³/mol. The van der Waals surface area contributed by atoms with Crippen LogP contribution in [0, 0.1) is 0 Å². The molecule has 0 fully saturated rings. The van der Waals surface area contributed by atoms with Crippen molar-refractivity contribution in [3.63, 3.8) is 0 Å². The van der Waals surface area contributed by atoms with Gasteiger partial charge in [0.1, 0.15) is 5.75 Å². The second-order valence-corrected chi connectivity index (χ2v) is 9.14. The number of methoxy groups -OCH3 is 1. The first-order chi connectivity index (χ1) is 14.7. The number of carbonyl (C=O) groups is 1. The molecule has 1 amide bonds. The molecule has 6 nitrogen and oxygen atoms in total. The molecule has 3 N–H and O–H groups in total. The highest BCUT2D eigenvalue weighted by Crippen LogP contribution is 2.29. The number of rotatable bonds is 7. The molecule has 0 heterocycles. The lowest BCUT2D eigenvalue weighted by atomic mass is 10.0. The largest absolute Gasteiger partial charge is 0.496 e. The second-order valence-electron chi connectivity index (χ2n) is 6.73. The van der Waals surface area contributed by atoms with Gasteiger partial charge >= 0.3 is 0 Å². The van der Waals surface area contributed by atoms with Crippen molar-refractivity contribution in [3.8, 4) is 16.9 Å². The molecule has 0 aliphatic rings. The van der Waals surface area contributed by atoms with Crippen LogP contribution in [0.15, 0.2) is 65.6 Å². The molecule has 0 saturated carbocycles. The van der Waals surface area contributed by atoms with Gasteiger partial charge in [-0.05, 0) is 53.9 Å². The Morgan fingerprint density at radius 3 is 2.32 bits per heavy atom. The van der Waals surface area contributed by atoms with E-state index in [0.717, 1.165) is 0 Å². The molecule has 31 heavy (non-hydrogen) atoms. The van der Waals surface area contributed by atoms with Crippen molar-refractivity contribution in [2.24, 2.45) is 5.14 Å². The molecule has 3 rings (SSSR count). The van der Waals surface area contributed by atoms with Crippen LogP contribution in [0.5, 0.6) is 5.75 Å². The van der Waals surface area contributed by atoms with Gasteiger partial charge in [0.2, 0.25) is 10.0 Å². The number of hydrogen-bond donors (Lipinski definition) is 2. The molecule has 0 radical (unpaired) electrons. The van der Waals surface area contributed by atoms with Gasteiger partial charge in [0.15, 0.2) is 0 Å². The summed E-state index contributed by atoms with van der Waals surface area (Å²) in [6.07, 6.45) is 0.401. The number of nitrogens with one attached hydrogen (secondary N) is 1. The molecule has 0 unspecified atom stereocenters. The zero-order valence-electron chi connectivity index (χ0n) is 16.6. The first-order valence-corrected chi connectivity index (χ1v) is 11.5. The lowest BCUT2D eigenvalue weighted by Gasteiger charge is -2.12. The summed E-state index contributed by atoms with van der Waals surface area (Å²) in [6, 6.07) is 16.6. The van der Waals surface area contributed by atoms with Gasteiger partial charge in [0.25, 0.3) is 5.91 Å². The summed E-state index contributed by atoms with van der Waals surface area (Å²) in [5.74, 6) is 0.0644. The number of nitrogens with two attached hydrogens (primary N) is 1. The number of sulfonamides is 1. The van der Waals surface area contributed by atoms with Crippen molar-refractivity contribution in [2.45, 2.75) is 11.3 Å². The van der Waals surface area contributed by atoms with Crippen LogP contribution in [-0.4, -0.2) is 28.0 Å². The Labute approximate surface area is 191 Å². The van der Waals surface area contributed by atoms with Crippen LogP contribution in [0.4, 0.5) is 0 Å². The van der Waals surface area contributed by atoms with Crippen molar-refractivity contribution in [1.29, 1.82) is 0 Å². The fourth-order valence-electron chi connectivity index (χ4n) is 3.10. The molecule has 162 valence electrons. The van der Waals surface area contributed by atoms with Crippen LogP contribution in [-0.2, 0) is 16.4 Å². The summed E-state index contributed by atoms with van der Waals surface area (Å²) in [5.41, 5.74) is 2.19. The quantitative estimate of drug-likeness (QED) is 0.528. The number of primary sulfonamides is 1. The van der Waals surface area contributed by atoms with Gasteiger partial charge in [-0.2, -0.15) is 0 Å². The Morgan fingerprint density at radius 1 is 1.00 bits per heavy atom. The number of benzene rings is 3. The molecule has 3 aromatic carbocycles. The van der Waals surface area contributed by atoms with E-state index in [4.69, 9.17) is 33.1 Å². The standard InChI is InChI=1S/C22H20Cl2N2O4S/c1-30-20-9-7-17(24)13-19(20)22(27)26-11-10-14-2-8-18(21(12-14)31(25,28)29)15-3-5-16(23)6-4-15/h2-9,12-13H,10-11H2,1H3,(H,26,27)(H2,25,28,29). The number of carbonyl (C=O) groups excluding carboxylic acids is 1. The first-order valence-electron chi connectivity index (χ1n) is 9.22. The highest BCUT2D eigenvalue weighted by Gasteiger charge is 2.17. The van der Waals surface area contributed by atoms with Crippen molar-refractivity contribution in [2.75, 3.05) is 13.7 Å². The summed E-state index contributed by atoms with van der Waals surface area (Å²) in [6.45, 7) is 0.277. The van der Waals surface area contributed by atoms with Gasteiger partial charge < -0.3 is 10.1 Å². The maximum atomic E-state index is 12.5. The Hall–Kier alpha value is -2.58. The monoisotopic (exact) mass is 478 g/mol. The number of ether oxygens (including phenoxy) is 1. The normalized spacial score (nSPS) is 11.2. The van der Waals surface area contributed by atoms with Gasteiger partial charge in [-0.25, -0.2) is 13.6 Å². The van der Waals surface area contributed by atoms with Crippen LogP contribution < -0.4 is 15.2 Å². The lowest BCUT2D eigenvalue weighted by molar-refractivity contribution is 0.0951. The number of halogens is 2. The van der Waals surface area contributed by atoms with Gasteiger partial charge in [-0.15, -0.1) is 0 Å². The van der Waals surface area contributed by atoms with Crippen LogP contribution in [0.25, 0.3) is 11.1 Å². The van der Waals surface area contributed by atoms with E-state index in [0.29, 0.717) is 44.5 Å².